The maximum absolute atomic E-state index is 13.0. The standard InChI is InChI=1S/C20H20N2O4/c1-13(2)22-18(24)16(17(23)21-15-11-7-4-8-12-15)20(25)26-19(22)14-9-5-3-6-10-14/h3-13,16,19H,1-2H3,(H,21,23). The molecule has 0 saturated carbocycles. The largest absolute Gasteiger partial charge is 0.436 e. The summed E-state index contributed by atoms with van der Waals surface area (Å²) in [5, 5.41) is 2.60. The van der Waals surface area contributed by atoms with Crippen LogP contribution in [0.1, 0.15) is 25.6 Å². The molecule has 2 aromatic carbocycles. The van der Waals surface area contributed by atoms with Crippen molar-refractivity contribution in [3.63, 3.8) is 0 Å². The molecule has 2 unspecified atom stereocenters. The summed E-state index contributed by atoms with van der Waals surface area (Å²) < 4.78 is 5.49. The molecule has 1 aliphatic rings. The molecule has 26 heavy (non-hydrogen) atoms. The highest BCUT2D eigenvalue weighted by Crippen LogP contribution is 2.32. The Balaban J connectivity index is 1.87. The molecule has 1 saturated heterocycles. The van der Waals surface area contributed by atoms with Gasteiger partial charge in [0.2, 0.25) is 24.0 Å². The smallest absolute Gasteiger partial charge is 0.330 e. The number of ether oxygens (including phenoxy) is 1. The first-order chi connectivity index (χ1) is 12.5. The second kappa shape index (κ2) is 7.39. The van der Waals surface area contributed by atoms with Gasteiger partial charge in [-0.05, 0) is 26.0 Å². The number of amides is 2. The van der Waals surface area contributed by atoms with Crippen LogP contribution in [-0.4, -0.2) is 28.7 Å². The molecule has 1 N–H and O–H groups in total. The predicted octanol–water partition coefficient (Wildman–Crippen LogP) is 2.73. The number of anilines is 1. The Bertz CT molecular complexity index is 805. The van der Waals surface area contributed by atoms with E-state index in [9.17, 15) is 14.4 Å². The highest BCUT2D eigenvalue weighted by Gasteiger charge is 2.48. The van der Waals surface area contributed by atoms with E-state index in [-0.39, 0.29) is 6.04 Å². The Hall–Kier alpha value is -3.15. The van der Waals surface area contributed by atoms with Crippen LogP contribution in [0, 0.1) is 5.92 Å². The van der Waals surface area contributed by atoms with Gasteiger partial charge in [0.1, 0.15) is 0 Å². The molecule has 6 heteroatoms. The minimum absolute atomic E-state index is 0.243. The van der Waals surface area contributed by atoms with Crippen molar-refractivity contribution in [3.05, 3.63) is 66.2 Å². The highest BCUT2D eigenvalue weighted by atomic mass is 16.6. The summed E-state index contributed by atoms with van der Waals surface area (Å²) in [5.41, 5.74) is 1.20. The number of hydrogen-bond acceptors (Lipinski definition) is 4. The fourth-order valence-corrected chi connectivity index (χ4v) is 2.93. The van der Waals surface area contributed by atoms with Crippen LogP contribution in [-0.2, 0) is 19.1 Å². The summed E-state index contributed by atoms with van der Waals surface area (Å²) >= 11 is 0. The molecule has 134 valence electrons. The average Bonchev–Trinajstić information content (AvgIpc) is 2.62. The molecule has 2 amide bonds. The highest BCUT2D eigenvalue weighted by molar-refractivity contribution is 6.20. The molecular weight excluding hydrogens is 332 g/mol. The van der Waals surface area contributed by atoms with Gasteiger partial charge in [0.15, 0.2) is 0 Å². The third-order valence-electron chi connectivity index (χ3n) is 4.16. The van der Waals surface area contributed by atoms with E-state index in [2.05, 4.69) is 5.32 Å². The van der Waals surface area contributed by atoms with Gasteiger partial charge in [-0.1, -0.05) is 48.5 Å². The number of benzene rings is 2. The second-order valence-corrected chi connectivity index (χ2v) is 6.33. The van der Waals surface area contributed by atoms with Crippen LogP contribution in [0.2, 0.25) is 0 Å². The van der Waals surface area contributed by atoms with E-state index in [0.717, 1.165) is 0 Å². The van der Waals surface area contributed by atoms with Crippen molar-refractivity contribution in [3.8, 4) is 0 Å². The van der Waals surface area contributed by atoms with Crippen LogP contribution in [0.3, 0.4) is 0 Å². The zero-order valence-electron chi connectivity index (χ0n) is 14.6. The number of cyclic esters (lactones) is 1. The Morgan fingerprint density at radius 3 is 2.15 bits per heavy atom. The minimum atomic E-state index is -1.52. The van der Waals surface area contributed by atoms with Gasteiger partial charge < -0.3 is 10.1 Å². The Morgan fingerprint density at radius 1 is 1.00 bits per heavy atom. The van der Waals surface area contributed by atoms with E-state index < -0.39 is 29.9 Å². The molecule has 6 nitrogen and oxygen atoms in total. The minimum Gasteiger partial charge on any atom is -0.436 e. The Kier molecular flexibility index (Phi) is 5.02. The lowest BCUT2D eigenvalue weighted by atomic mass is 10.0. The number of carbonyl (C=O) groups excluding carboxylic acids is 3. The van der Waals surface area contributed by atoms with Crippen molar-refractivity contribution in [2.24, 2.45) is 5.92 Å². The topological polar surface area (TPSA) is 75.7 Å². The van der Waals surface area contributed by atoms with Crippen molar-refractivity contribution in [1.82, 2.24) is 4.90 Å². The fourth-order valence-electron chi connectivity index (χ4n) is 2.93. The molecule has 0 aliphatic carbocycles. The molecule has 0 spiro atoms. The molecule has 1 fully saturated rings. The number of rotatable bonds is 4. The molecule has 0 radical (unpaired) electrons. The van der Waals surface area contributed by atoms with Crippen LogP contribution < -0.4 is 5.32 Å². The first-order valence-corrected chi connectivity index (χ1v) is 8.42. The third-order valence-corrected chi connectivity index (χ3v) is 4.16. The van der Waals surface area contributed by atoms with Crippen LogP contribution in [0.5, 0.6) is 0 Å². The summed E-state index contributed by atoms with van der Waals surface area (Å²) in [7, 11) is 0. The second-order valence-electron chi connectivity index (χ2n) is 6.33. The van der Waals surface area contributed by atoms with Gasteiger partial charge in [0, 0.05) is 17.3 Å². The van der Waals surface area contributed by atoms with Crippen molar-refractivity contribution in [2.75, 3.05) is 5.32 Å². The summed E-state index contributed by atoms with van der Waals surface area (Å²) in [5.74, 6) is -3.60. The van der Waals surface area contributed by atoms with Gasteiger partial charge in [-0.15, -0.1) is 0 Å². The lowest BCUT2D eigenvalue weighted by Crippen LogP contribution is -2.55. The zero-order valence-corrected chi connectivity index (χ0v) is 14.6. The molecule has 2 aromatic rings. The molecule has 0 aromatic heterocycles. The molecule has 2 atom stereocenters. The van der Waals surface area contributed by atoms with E-state index in [1.165, 1.54) is 4.90 Å². The lowest BCUT2D eigenvalue weighted by molar-refractivity contribution is -0.190. The number of nitrogens with zero attached hydrogens (tertiary/aromatic N) is 1. The maximum atomic E-state index is 13.0. The van der Waals surface area contributed by atoms with Gasteiger partial charge >= 0.3 is 5.97 Å². The van der Waals surface area contributed by atoms with Crippen molar-refractivity contribution in [2.45, 2.75) is 26.1 Å². The predicted molar refractivity (Wildman–Crippen MR) is 95.8 cm³/mol. The van der Waals surface area contributed by atoms with E-state index in [4.69, 9.17) is 4.74 Å². The van der Waals surface area contributed by atoms with Gasteiger partial charge in [-0.3, -0.25) is 19.3 Å². The van der Waals surface area contributed by atoms with E-state index >= 15 is 0 Å². The van der Waals surface area contributed by atoms with E-state index in [1.807, 2.05) is 19.9 Å². The fraction of sp³-hybridized carbons (Fsp3) is 0.250. The summed E-state index contributed by atoms with van der Waals surface area (Å²) in [6.45, 7) is 3.64. The normalized spacial score (nSPS) is 20.0. The molecule has 3 rings (SSSR count). The SMILES string of the molecule is CC(C)N1C(=O)C(C(=O)Nc2ccccc2)C(=O)OC1c1ccccc1. The van der Waals surface area contributed by atoms with Gasteiger partial charge in [-0.25, -0.2) is 0 Å². The van der Waals surface area contributed by atoms with Crippen LogP contribution in [0.25, 0.3) is 0 Å². The summed E-state index contributed by atoms with van der Waals surface area (Å²) in [4.78, 5) is 39.4. The quantitative estimate of drug-likeness (QED) is 0.678. The molecule has 1 aliphatic heterocycles. The number of nitrogens with one attached hydrogen (secondary N) is 1. The van der Waals surface area contributed by atoms with Crippen molar-refractivity contribution < 1.29 is 19.1 Å². The number of carbonyl (C=O) groups is 3. The average molecular weight is 352 g/mol. The first-order valence-electron chi connectivity index (χ1n) is 8.42. The number of para-hydroxylation sites is 1. The Morgan fingerprint density at radius 2 is 1.58 bits per heavy atom. The van der Waals surface area contributed by atoms with Crippen LogP contribution in [0.4, 0.5) is 5.69 Å². The molecular formula is C20H20N2O4. The molecule has 0 bridgehead atoms. The third kappa shape index (κ3) is 3.44. The van der Waals surface area contributed by atoms with E-state index in [1.54, 1.807) is 54.6 Å². The van der Waals surface area contributed by atoms with E-state index in [0.29, 0.717) is 11.3 Å². The monoisotopic (exact) mass is 352 g/mol. The van der Waals surface area contributed by atoms with Crippen LogP contribution >= 0.6 is 0 Å². The van der Waals surface area contributed by atoms with Gasteiger partial charge in [0.25, 0.3) is 0 Å². The van der Waals surface area contributed by atoms with Crippen molar-refractivity contribution in [1.29, 1.82) is 0 Å². The van der Waals surface area contributed by atoms with Gasteiger partial charge in [0.05, 0.1) is 0 Å². The van der Waals surface area contributed by atoms with Gasteiger partial charge in [-0.2, -0.15) is 0 Å². The zero-order chi connectivity index (χ0) is 18.7. The lowest BCUT2D eigenvalue weighted by Gasteiger charge is -2.40. The number of esters is 1. The summed E-state index contributed by atoms with van der Waals surface area (Å²) in [6.07, 6.45) is -0.836. The summed E-state index contributed by atoms with van der Waals surface area (Å²) in [6, 6.07) is 17.5. The van der Waals surface area contributed by atoms with Crippen molar-refractivity contribution >= 4 is 23.5 Å². The first kappa shape index (κ1) is 17.7. The number of hydrogen-bond donors (Lipinski definition) is 1. The maximum Gasteiger partial charge on any atom is 0.330 e. The molecule has 1 heterocycles. The van der Waals surface area contributed by atoms with Crippen LogP contribution in [0.15, 0.2) is 60.7 Å². The Labute approximate surface area is 151 Å².